The Morgan fingerprint density at radius 1 is 1.50 bits per heavy atom. The number of hydrogen-bond acceptors (Lipinski definition) is 6. The van der Waals surface area contributed by atoms with Crippen LogP contribution in [0.1, 0.15) is 16.6 Å². The lowest BCUT2D eigenvalue weighted by molar-refractivity contribution is 0.0802. The second kappa shape index (κ2) is 6.55. The van der Waals surface area contributed by atoms with Crippen LogP contribution in [-0.2, 0) is 0 Å². The highest BCUT2D eigenvalue weighted by atomic mass is 32.1. The number of nitrogen functional groups attached to an aromatic ring is 1. The van der Waals surface area contributed by atoms with Crippen LogP contribution >= 0.6 is 11.3 Å². The van der Waals surface area contributed by atoms with Gasteiger partial charge in [-0.3, -0.25) is 4.79 Å². The average Bonchev–Trinajstić information content (AvgIpc) is 2.76. The van der Waals surface area contributed by atoms with Gasteiger partial charge in [-0.25, -0.2) is 4.98 Å². The number of amides is 1. The van der Waals surface area contributed by atoms with E-state index >= 15 is 0 Å². The van der Waals surface area contributed by atoms with Crippen molar-refractivity contribution in [3.63, 3.8) is 0 Å². The van der Waals surface area contributed by atoms with Crippen LogP contribution in [0.2, 0.25) is 0 Å². The standard InChI is InChI=1S/C11H21N5OS/c1-5-15(3)11-14-9(12)8(18-11)10(17)16(4)7-6-13-2/h13H,5-7,12H2,1-4H3. The number of nitrogens with zero attached hydrogens (tertiary/aromatic N) is 3. The fraction of sp³-hybridized carbons (Fsp3) is 0.636. The number of aromatic nitrogens is 1. The fourth-order valence-corrected chi connectivity index (χ4v) is 2.33. The number of carbonyl (C=O) groups is 1. The molecule has 0 saturated heterocycles. The highest BCUT2D eigenvalue weighted by molar-refractivity contribution is 7.18. The summed E-state index contributed by atoms with van der Waals surface area (Å²) in [6, 6.07) is 0. The van der Waals surface area contributed by atoms with Gasteiger partial charge >= 0.3 is 0 Å². The summed E-state index contributed by atoms with van der Waals surface area (Å²) < 4.78 is 0. The number of anilines is 2. The van der Waals surface area contributed by atoms with Crippen molar-refractivity contribution in [2.45, 2.75) is 6.92 Å². The number of carbonyl (C=O) groups excluding carboxylic acids is 1. The third-order valence-electron chi connectivity index (χ3n) is 2.68. The lowest BCUT2D eigenvalue weighted by Crippen LogP contribution is -2.32. The molecule has 0 aliphatic rings. The summed E-state index contributed by atoms with van der Waals surface area (Å²) in [6.07, 6.45) is 0. The van der Waals surface area contributed by atoms with Crippen molar-refractivity contribution in [2.24, 2.45) is 0 Å². The minimum Gasteiger partial charge on any atom is -0.382 e. The molecule has 0 aliphatic carbocycles. The zero-order valence-electron chi connectivity index (χ0n) is 11.4. The zero-order chi connectivity index (χ0) is 13.7. The minimum absolute atomic E-state index is 0.0731. The van der Waals surface area contributed by atoms with Gasteiger partial charge in [-0.1, -0.05) is 11.3 Å². The van der Waals surface area contributed by atoms with E-state index in [1.165, 1.54) is 11.3 Å². The van der Waals surface area contributed by atoms with E-state index in [-0.39, 0.29) is 5.91 Å². The number of thiazole rings is 1. The second-order valence-electron chi connectivity index (χ2n) is 4.06. The van der Waals surface area contributed by atoms with E-state index in [2.05, 4.69) is 10.3 Å². The van der Waals surface area contributed by atoms with Gasteiger partial charge in [0, 0.05) is 33.7 Å². The van der Waals surface area contributed by atoms with E-state index in [0.29, 0.717) is 17.2 Å². The lowest BCUT2D eigenvalue weighted by atomic mass is 10.4. The van der Waals surface area contributed by atoms with Crippen molar-refractivity contribution in [1.29, 1.82) is 0 Å². The van der Waals surface area contributed by atoms with E-state index in [1.54, 1.807) is 11.9 Å². The Kier molecular flexibility index (Phi) is 5.36. The predicted molar refractivity (Wildman–Crippen MR) is 76.4 cm³/mol. The van der Waals surface area contributed by atoms with Gasteiger partial charge in [0.25, 0.3) is 5.91 Å². The summed E-state index contributed by atoms with van der Waals surface area (Å²) in [5, 5.41) is 3.78. The molecule has 0 fully saturated rings. The molecule has 0 aromatic carbocycles. The van der Waals surface area contributed by atoms with Crippen molar-refractivity contribution in [3.8, 4) is 0 Å². The van der Waals surface area contributed by atoms with Gasteiger partial charge in [0.05, 0.1) is 0 Å². The summed E-state index contributed by atoms with van der Waals surface area (Å²) in [6.45, 7) is 4.25. The molecular formula is C11H21N5OS. The highest BCUT2D eigenvalue weighted by Crippen LogP contribution is 2.28. The Balaban J connectivity index is 2.82. The van der Waals surface area contributed by atoms with Crippen molar-refractivity contribution in [1.82, 2.24) is 15.2 Å². The number of nitrogens with two attached hydrogens (primary N) is 1. The molecule has 0 radical (unpaired) electrons. The molecule has 1 heterocycles. The summed E-state index contributed by atoms with van der Waals surface area (Å²) in [5.74, 6) is 0.243. The first-order valence-corrected chi connectivity index (χ1v) is 6.70. The molecule has 18 heavy (non-hydrogen) atoms. The number of likely N-dealkylation sites (N-methyl/N-ethyl adjacent to an activating group) is 2. The zero-order valence-corrected chi connectivity index (χ0v) is 12.2. The topological polar surface area (TPSA) is 74.5 Å². The Morgan fingerprint density at radius 2 is 2.17 bits per heavy atom. The SMILES string of the molecule is CCN(C)c1nc(N)c(C(=O)N(C)CCNC)s1. The first kappa shape index (κ1) is 14.7. The maximum absolute atomic E-state index is 12.2. The molecule has 0 spiro atoms. The van der Waals surface area contributed by atoms with Gasteiger partial charge in [0.1, 0.15) is 10.7 Å². The molecule has 0 atom stereocenters. The molecule has 0 unspecified atom stereocenters. The van der Waals surface area contributed by atoms with E-state index in [4.69, 9.17) is 5.73 Å². The van der Waals surface area contributed by atoms with Crippen LogP contribution in [0.4, 0.5) is 10.9 Å². The number of hydrogen-bond donors (Lipinski definition) is 2. The Bertz CT molecular complexity index is 406. The maximum atomic E-state index is 12.2. The van der Waals surface area contributed by atoms with Crippen molar-refractivity contribution in [3.05, 3.63) is 4.88 Å². The highest BCUT2D eigenvalue weighted by Gasteiger charge is 2.20. The van der Waals surface area contributed by atoms with E-state index in [9.17, 15) is 4.79 Å². The van der Waals surface area contributed by atoms with Crippen LogP contribution in [0.15, 0.2) is 0 Å². The van der Waals surface area contributed by atoms with Gasteiger partial charge in [-0.2, -0.15) is 0 Å². The molecule has 0 bridgehead atoms. The summed E-state index contributed by atoms with van der Waals surface area (Å²) in [7, 11) is 5.55. The average molecular weight is 271 g/mol. The molecule has 1 rings (SSSR count). The summed E-state index contributed by atoms with van der Waals surface area (Å²) >= 11 is 1.34. The van der Waals surface area contributed by atoms with E-state index < -0.39 is 0 Å². The first-order chi connectivity index (χ1) is 8.51. The van der Waals surface area contributed by atoms with E-state index in [1.807, 2.05) is 25.9 Å². The largest absolute Gasteiger partial charge is 0.382 e. The van der Waals surface area contributed by atoms with Crippen LogP contribution in [0.3, 0.4) is 0 Å². The predicted octanol–water partition coefficient (Wildman–Crippen LogP) is 0.473. The van der Waals surface area contributed by atoms with Gasteiger partial charge < -0.3 is 20.9 Å². The van der Waals surface area contributed by atoms with Crippen LogP contribution < -0.4 is 16.0 Å². The first-order valence-electron chi connectivity index (χ1n) is 5.88. The molecule has 1 amide bonds. The fourth-order valence-electron chi connectivity index (χ4n) is 1.33. The Hall–Kier alpha value is -1.34. The summed E-state index contributed by atoms with van der Waals surface area (Å²) in [5.41, 5.74) is 5.81. The molecule has 1 aromatic heterocycles. The van der Waals surface area contributed by atoms with Gasteiger partial charge in [-0.05, 0) is 14.0 Å². The normalized spacial score (nSPS) is 10.4. The molecular weight excluding hydrogens is 250 g/mol. The second-order valence-corrected chi connectivity index (χ2v) is 5.03. The van der Waals surface area contributed by atoms with Crippen molar-refractivity contribution >= 4 is 28.2 Å². The third kappa shape index (κ3) is 3.33. The summed E-state index contributed by atoms with van der Waals surface area (Å²) in [4.78, 5) is 20.5. The van der Waals surface area contributed by atoms with Crippen LogP contribution in [-0.4, -0.2) is 56.6 Å². The van der Waals surface area contributed by atoms with Crippen LogP contribution in [0.25, 0.3) is 0 Å². The molecule has 1 aromatic rings. The van der Waals surface area contributed by atoms with Gasteiger partial charge in [0.2, 0.25) is 0 Å². The number of nitrogens with one attached hydrogen (secondary N) is 1. The third-order valence-corrected chi connectivity index (χ3v) is 3.85. The lowest BCUT2D eigenvalue weighted by Gasteiger charge is -2.15. The monoisotopic (exact) mass is 271 g/mol. The van der Waals surface area contributed by atoms with Gasteiger partial charge in [0.15, 0.2) is 5.13 Å². The smallest absolute Gasteiger partial charge is 0.267 e. The van der Waals surface area contributed by atoms with Gasteiger partial charge in [-0.15, -0.1) is 0 Å². The van der Waals surface area contributed by atoms with Crippen molar-refractivity contribution < 1.29 is 4.79 Å². The quantitative estimate of drug-likeness (QED) is 0.787. The maximum Gasteiger partial charge on any atom is 0.267 e. The molecule has 0 aliphatic heterocycles. The minimum atomic E-state index is -0.0731. The van der Waals surface area contributed by atoms with Crippen LogP contribution in [0, 0.1) is 0 Å². The molecule has 3 N–H and O–H groups in total. The molecule has 6 nitrogen and oxygen atoms in total. The Morgan fingerprint density at radius 3 is 2.72 bits per heavy atom. The Labute approximate surface area is 112 Å². The van der Waals surface area contributed by atoms with Crippen LogP contribution in [0.5, 0.6) is 0 Å². The molecule has 102 valence electrons. The number of rotatable bonds is 6. The molecule has 0 saturated carbocycles. The van der Waals surface area contributed by atoms with Crippen molar-refractivity contribution in [2.75, 3.05) is 51.4 Å². The van der Waals surface area contributed by atoms with E-state index in [0.717, 1.165) is 18.2 Å². The molecule has 7 heteroatoms.